The van der Waals surface area contributed by atoms with Gasteiger partial charge >= 0.3 is 0 Å². The first-order valence-electron chi connectivity index (χ1n) is 2.02. The first-order valence-corrected chi connectivity index (χ1v) is 2.90. The van der Waals surface area contributed by atoms with Gasteiger partial charge in [-0.1, -0.05) is 0 Å². The summed E-state index contributed by atoms with van der Waals surface area (Å²) in [6.45, 7) is 1.42. The van der Waals surface area contributed by atoms with E-state index in [4.69, 9.17) is 10.9 Å². The standard InChI is InChI=1S/C4H8N2OS/c1-3(7)4(2-5)8-6/h2H,5-6H2,1H3/b4-2-. The van der Waals surface area contributed by atoms with Crippen molar-refractivity contribution in [1.82, 2.24) is 0 Å². The Hall–Kier alpha value is -0.480. The Morgan fingerprint density at radius 1 is 1.75 bits per heavy atom. The highest BCUT2D eigenvalue weighted by Crippen LogP contribution is 2.05. The second-order valence-corrected chi connectivity index (χ2v) is 1.88. The number of hydrogen-bond donors (Lipinski definition) is 2. The smallest absolute Gasteiger partial charge is 0.168 e. The van der Waals surface area contributed by atoms with Crippen LogP contribution in [0.15, 0.2) is 11.1 Å². The third kappa shape index (κ3) is 1.99. The molecule has 4 heteroatoms. The molecule has 4 N–H and O–H groups in total. The molecular weight excluding hydrogens is 124 g/mol. The van der Waals surface area contributed by atoms with Crippen molar-refractivity contribution in [2.75, 3.05) is 0 Å². The summed E-state index contributed by atoms with van der Waals surface area (Å²) in [7, 11) is 0. The molecule has 8 heavy (non-hydrogen) atoms. The summed E-state index contributed by atoms with van der Waals surface area (Å²) >= 11 is 0.865. The summed E-state index contributed by atoms with van der Waals surface area (Å²) < 4.78 is 0. The normalized spacial score (nSPS) is 11.5. The molecule has 0 fully saturated rings. The van der Waals surface area contributed by atoms with Crippen molar-refractivity contribution in [2.24, 2.45) is 10.9 Å². The quantitative estimate of drug-likeness (QED) is 0.409. The fourth-order valence-corrected chi connectivity index (χ4v) is 0.484. The van der Waals surface area contributed by atoms with Gasteiger partial charge in [0.25, 0.3) is 0 Å². The van der Waals surface area contributed by atoms with E-state index in [2.05, 4.69) is 0 Å². The average Bonchev–Trinajstić information content (AvgIpc) is 1.69. The lowest BCUT2D eigenvalue weighted by atomic mass is 10.4. The van der Waals surface area contributed by atoms with E-state index < -0.39 is 0 Å². The van der Waals surface area contributed by atoms with Crippen LogP contribution < -0.4 is 10.9 Å². The Balaban J connectivity index is 3.92. The van der Waals surface area contributed by atoms with E-state index >= 15 is 0 Å². The molecular formula is C4H8N2OS. The summed E-state index contributed by atoms with van der Waals surface area (Å²) in [5.41, 5.74) is 5.00. The van der Waals surface area contributed by atoms with E-state index in [0.717, 1.165) is 11.9 Å². The maximum atomic E-state index is 10.4. The number of allylic oxidation sites excluding steroid dienone is 1. The molecule has 0 aliphatic heterocycles. The van der Waals surface area contributed by atoms with Gasteiger partial charge in [0.1, 0.15) is 0 Å². The number of hydrogen-bond acceptors (Lipinski definition) is 4. The van der Waals surface area contributed by atoms with E-state index in [-0.39, 0.29) is 5.78 Å². The van der Waals surface area contributed by atoms with E-state index in [0.29, 0.717) is 4.91 Å². The summed E-state index contributed by atoms with van der Waals surface area (Å²) in [5, 5.41) is 5.03. The molecule has 46 valence electrons. The van der Waals surface area contributed by atoms with Crippen LogP contribution in [0.3, 0.4) is 0 Å². The van der Waals surface area contributed by atoms with Crippen LogP contribution >= 0.6 is 11.9 Å². The molecule has 0 saturated carbocycles. The molecule has 0 rings (SSSR count). The van der Waals surface area contributed by atoms with Gasteiger partial charge in [0.15, 0.2) is 5.78 Å². The molecule has 0 atom stereocenters. The van der Waals surface area contributed by atoms with Crippen molar-refractivity contribution >= 4 is 17.7 Å². The Morgan fingerprint density at radius 3 is 2.25 bits per heavy atom. The molecule has 0 unspecified atom stereocenters. The van der Waals surface area contributed by atoms with Crippen molar-refractivity contribution in [3.63, 3.8) is 0 Å². The van der Waals surface area contributed by atoms with Gasteiger partial charge in [-0.25, -0.2) is 0 Å². The highest BCUT2D eigenvalue weighted by molar-refractivity contribution is 8.01. The Kier molecular flexibility index (Phi) is 3.30. The van der Waals surface area contributed by atoms with Gasteiger partial charge in [-0.3, -0.25) is 9.93 Å². The van der Waals surface area contributed by atoms with Crippen LogP contribution in [-0.4, -0.2) is 5.78 Å². The van der Waals surface area contributed by atoms with Crippen molar-refractivity contribution in [2.45, 2.75) is 6.92 Å². The predicted molar refractivity (Wildman–Crippen MR) is 34.7 cm³/mol. The van der Waals surface area contributed by atoms with Crippen LogP contribution in [0.4, 0.5) is 0 Å². The van der Waals surface area contributed by atoms with Crippen LogP contribution in [0.2, 0.25) is 0 Å². The molecule has 0 bridgehead atoms. The van der Waals surface area contributed by atoms with Gasteiger partial charge in [-0.15, -0.1) is 0 Å². The lowest BCUT2D eigenvalue weighted by Gasteiger charge is -1.91. The summed E-state index contributed by atoms with van der Waals surface area (Å²) in [5.74, 6) is -0.0972. The number of rotatable bonds is 2. The van der Waals surface area contributed by atoms with Gasteiger partial charge in [0.05, 0.1) is 4.91 Å². The largest absolute Gasteiger partial charge is 0.404 e. The molecule has 0 aromatic carbocycles. The van der Waals surface area contributed by atoms with E-state index in [9.17, 15) is 4.79 Å². The minimum absolute atomic E-state index is 0.0972. The summed E-state index contributed by atoms with van der Waals surface area (Å²) in [4.78, 5) is 10.8. The number of Topliss-reactive ketones (excluding diaryl/α,β-unsaturated/α-hetero) is 1. The molecule has 0 aliphatic carbocycles. The zero-order valence-corrected chi connectivity index (χ0v) is 5.37. The van der Waals surface area contributed by atoms with Gasteiger partial charge in [-0.2, -0.15) is 0 Å². The van der Waals surface area contributed by atoms with Crippen molar-refractivity contribution in [3.8, 4) is 0 Å². The van der Waals surface area contributed by atoms with Gasteiger partial charge in [0.2, 0.25) is 0 Å². The second-order valence-electron chi connectivity index (χ2n) is 1.20. The highest BCUT2D eigenvalue weighted by Gasteiger charge is 1.98. The van der Waals surface area contributed by atoms with Crippen LogP contribution in [0, 0.1) is 0 Å². The zero-order chi connectivity index (χ0) is 6.57. The van der Waals surface area contributed by atoms with Crippen LogP contribution in [-0.2, 0) is 4.79 Å². The van der Waals surface area contributed by atoms with Crippen molar-refractivity contribution < 1.29 is 4.79 Å². The third-order valence-corrected chi connectivity index (χ3v) is 1.30. The van der Waals surface area contributed by atoms with Crippen LogP contribution in [0.5, 0.6) is 0 Å². The maximum Gasteiger partial charge on any atom is 0.168 e. The fourth-order valence-electron chi connectivity index (χ4n) is 0.240. The third-order valence-electron chi connectivity index (χ3n) is 0.625. The van der Waals surface area contributed by atoms with Crippen LogP contribution in [0.25, 0.3) is 0 Å². The molecule has 0 amide bonds. The number of carbonyl (C=O) groups is 1. The Labute approximate surface area is 52.2 Å². The van der Waals surface area contributed by atoms with Crippen molar-refractivity contribution in [3.05, 3.63) is 11.1 Å². The lowest BCUT2D eigenvalue weighted by Crippen LogP contribution is -1.98. The van der Waals surface area contributed by atoms with E-state index in [1.165, 1.54) is 13.1 Å². The number of nitrogens with two attached hydrogens (primary N) is 2. The molecule has 0 heterocycles. The number of ketones is 1. The lowest BCUT2D eigenvalue weighted by molar-refractivity contribution is -0.112. The van der Waals surface area contributed by atoms with E-state index in [1.807, 2.05) is 0 Å². The summed E-state index contributed by atoms with van der Waals surface area (Å²) in [6, 6.07) is 0. The molecule has 0 aromatic rings. The first-order chi connectivity index (χ1) is 3.72. The molecule has 0 radical (unpaired) electrons. The number of carbonyl (C=O) groups excluding carboxylic acids is 1. The minimum Gasteiger partial charge on any atom is -0.404 e. The molecule has 0 spiro atoms. The van der Waals surface area contributed by atoms with Gasteiger partial charge < -0.3 is 5.73 Å². The maximum absolute atomic E-state index is 10.4. The zero-order valence-electron chi connectivity index (χ0n) is 4.55. The SMILES string of the molecule is CC(=O)/C(=C/N)SN. The van der Waals surface area contributed by atoms with Crippen molar-refractivity contribution in [1.29, 1.82) is 0 Å². The first kappa shape index (κ1) is 7.52. The predicted octanol–water partition coefficient (Wildman–Crippen LogP) is -0.0176. The van der Waals surface area contributed by atoms with Gasteiger partial charge in [-0.05, 0) is 18.9 Å². The molecule has 0 saturated heterocycles. The topological polar surface area (TPSA) is 69.1 Å². The molecule has 3 nitrogen and oxygen atoms in total. The monoisotopic (exact) mass is 132 g/mol. The Morgan fingerprint density at radius 2 is 2.25 bits per heavy atom. The highest BCUT2D eigenvalue weighted by atomic mass is 32.2. The molecule has 0 aromatic heterocycles. The summed E-state index contributed by atoms with van der Waals surface area (Å²) in [6.07, 6.45) is 1.20. The fraction of sp³-hybridized carbons (Fsp3) is 0.250. The van der Waals surface area contributed by atoms with Crippen LogP contribution in [0.1, 0.15) is 6.92 Å². The average molecular weight is 132 g/mol. The molecule has 0 aliphatic rings. The second kappa shape index (κ2) is 3.51. The Bertz CT molecular complexity index is 121. The minimum atomic E-state index is -0.0972. The van der Waals surface area contributed by atoms with Gasteiger partial charge in [0, 0.05) is 6.20 Å². The van der Waals surface area contributed by atoms with E-state index in [1.54, 1.807) is 0 Å².